The van der Waals surface area contributed by atoms with Crippen LogP contribution in [0.3, 0.4) is 0 Å². The molecule has 0 saturated carbocycles. The molecule has 0 aliphatic rings. The fourth-order valence-corrected chi connectivity index (χ4v) is 2.02. The van der Waals surface area contributed by atoms with E-state index in [1.807, 2.05) is 0 Å². The average Bonchev–Trinajstić information content (AvgIpc) is 2.31. The predicted molar refractivity (Wildman–Crippen MR) is 69.0 cm³/mol. The topological polar surface area (TPSA) is 72.8 Å². The number of carbonyl (C=O) groups is 1. The Kier molecular flexibility index (Phi) is 5.51. The van der Waals surface area contributed by atoms with Crippen molar-refractivity contribution in [3.8, 4) is 0 Å². The number of benzene rings is 1. The second kappa shape index (κ2) is 6.90. The van der Waals surface area contributed by atoms with E-state index in [4.69, 9.17) is 0 Å². The van der Waals surface area contributed by atoms with Crippen LogP contribution in [-0.2, 0) is 25.6 Å². The number of carbonyl (C=O) groups excluding carboxylic acids is 1. The van der Waals surface area contributed by atoms with E-state index in [-0.39, 0.29) is 5.75 Å². The molecule has 1 aromatic rings. The van der Waals surface area contributed by atoms with Crippen molar-refractivity contribution in [1.29, 1.82) is 0 Å². The lowest BCUT2D eigenvalue weighted by molar-refractivity contribution is -0.107. The van der Waals surface area contributed by atoms with Crippen LogP contribution in [0.4, 0.5) is 0 Å². The van der Waals surface area contributed by atoms with Gasteiger partial charge in [0.2, 0.25) is 0 Å². The third-order valence-corrected chi connectivity index (χ3v) is 3.33. The van der Waals surface area contributed by atoms with Crippen LogP contribution in [0.5, 0.6) is 0 Å². The zero-order valence-corrected chi connectivity index (χ0v) is 10.9. The summed E-state index contributed by atoms with van der Waals surface area (Å²) in [7, 11) is -3.56. The zero-order chi connectivity index (χ0) is 13.4. The third kappa shape index (κ3) is 5.09. The Morgan fingerprint density at radius 3 is 2.50 bits per heavy atom. The lowest BCUT2D eigenvalue weighted by Gasteiger charge is -1.98. The Labute approximate surface area is 107 Å². The van der Waals surface area contributed by atoms with Gasteiger partial charge in [0.15, 0.2) is 0 Å². The standard InChI is InChI=1S/C12H15NO4S/c1-2-9-18(15,16)17-13-10-12-5-3-11(4-6-12)7-8-14/h3-6,8,10H,2,7,9H2,1H3. The first kappa shape index (κ1) is 14.4. The van der Waals surface area contributed by atoms with Gasteiger partial charge in [-0.25, -0.2) is 0 Å². The molecule has 0 aromatic heterocycles. The Morgan fingerprint density at radius 1 is 1.28 bits per heavy atom. The van der Waals surface area contributed by atoms with Crippen molar-refractivity contribution in [2.24, 2.45) is 5.16 Å². The normalized spacial score (nSPS) is 11.6. The Bertz CT molecular complexity index is 505. The third-order valence-electron chi connectivity index (χ3n) is 2.11. The molecule has 0 aliphatic carbocycles. The molecule has 1 rings (SSSR count). The molecule has 0 heterocycles. The molecule has 18 heavy (non-hydrogen) atoms. The van der Waals surface area contributed by atoms with E-state index in [2.05, 4.69) is 9.44 Å². The minimum Gasteiger partial charge on any atom is -0.303 e. The van der Waals surface area contributed by atoms with Gasteiger partial charge >= 0.3 is 10.1 Å². The summed E-state index contributed by atoms with van der Waals surface area (Å²) >= 11 is 0. The van der Waals surface area contributed by atoms with Crippen LogP contribution >= 0.6 is 0 Å². The maximum atomic E-state index is 11.2. The van der Waals surface area contributed by atoms with Crippen molar-refractivity contribution in [1.82, 2.24) is 0 Å². The molecule has 0 N–H and O–H groups in total. The van der Waals surface area contributed by atoms with Gasteiger partial charge < -0.3 is 4.79 Å². The number of rotatable bonds is 7. The number of hydrogen-bond acceptors (Lipinski definition) is 5. The number of oxime groups is 1. The van der Waals surface area contributed by atoms with Crippen molar-refractivity contribution in [3.05, 3.63) is 35.4 Å². The van der Waals surface area contributed by atoms with Gasteiger partial charge in [0, 0.05) is 6.42 Å². The lowest BCUT2D eigenvalue weighted by atomic mass is 10.1. The first-order valence-corrected chi connectivity index (χ1v) is 7.12. The lowest BCUT2D eigenvalue weighted by Crippen LogP contribution is -2.06. The van der Waals surface area contributed by atoms with Gasteiger partial charge in [0.25, 0.3) is 0 Å². The minimum atomic E-state index is -3.56. The van der Waals surface area contributed by atoms with Gasteiger partial charge in [-0.2, -0.15) is 8.42 Å². The van der Waals surface area contributed by atoms with E-state index < -0.39 is 10.1 Å². The van der Waals surface area contributed by atoms with Crippen LogP contribution < -0.4 is 0 Å². The van der Waals surface area contributed by atoms with Crippen LogP contribution in [0.25, 0.3) is 0 Å². The van der Waals surface area contributed by atoms with Gasteiger partial charge in [0.1, 0.15) is 6.29 Å². The summed E-state index contributed by atoms with van der Waals surface area (Å²) in [5.74, 6) is -0.0530. The summed E-state index contributed by atoms with van der Waals surface area (Å²) in [5, 5.41) is 3.43. The molecule has 0 amide bonds. The summed E-state index contributed by atoms with van der Waals surface area (Å²) in [5.41, 5.74) is 1.60. The maximum Gasteiger partial charge on any atom is 0.328 e. The van der Waals surface area contributed by atoms with Crippen molar-refractivity contribution in [3.63, 3.8) is 0 Å². The molecule has 0 radical (unpaired) electrons. The molecule has 1 aromatic carbocycles. The van der Waals surface area contributed by atoms with Gasteiger partial charge in [-0.3, -0.25) is 4.28 Å². The summed E-state index contributed by atoms with van der Waals surface area (Å²) in [4.78, 5) is 10.3. The number of nitrogens with zero attached hydrogens (tertiary/aromatic N) is 1. The van der Waals surface area contributed by atoms with Gasteiger partial charge in [0.05, 0.1) is 12.0 Å². The smallest absolute Gasteiger partial charge is 0.303 e. The second-order valence-corrected chi connectivity index (χ2v) is 5.36. The second-order valence-electron chi connectivity index (χ2n) is 3.68. The first-order valence-electron chi connectivity index (χ1n) is 5.54. The Morgan fingerprint density at radius 2 is 1.94 bits per heavy atom. The van der Waals surface area contributed by atoms with Crippen LogP contribution in [0.15, 0.2) is 29.4 Å². The molecular weight excluding hydrogens is 254 g/mol. The molecule has 0 unspecified atom stereocenters. The number of hydrogen-bond donors (Lipinski definition) is 0. The van der Waals surface area contributed by atoms with E-state index in [1.165, 1.54) is 6.21 Å². The van der Waals surface area contributed by atoms with Gasteiger partial charge in [-0.1, -0.05) is 36.3 Å². The van der Waals surface area contributed by atoms with Crippen molar-refractivity contribution in [2.45, 2.75) is 19.8 Å². The SMILES string of the molecule is CCCS(=O)(=O)ON=Cc1ccc(CC=O)cc1. The molecule has 5 nitrogen and oxygen atoms in total. The summed E-state index contributed by atoms with van der Waals surface area (Å²) in [6.45, 7) is 1.75. The molecule has 98 valence electrons. The maximum absolute atomic E-state index is 11.2. The fraction of sp³-hybridized carbons (Fsp3) is 0.333. The van der Waals surface area contributed by atoms with E-state index in [9.17, 15) is 13.2 Å². The molecule has 0 aliphatic heterocycles. The molecule has 6 heteroatoms. The highest BCUT2D eigenvalue weighted by molar-refractivity contribution is 7.86. The molecule has 0 spiro atoms. The summed E-state index contributed by atoms with van der Waals surface area (Å²) in [6.07, 6.45) is 2.98. The van der Waals surface area contributed by atoms with E-state index in [1.54, 1.807) is 31.2 Å². The average molecular weight is 269 g/mol. The monoisotopic (exact) mass is 269 g/mol. The highest BCUT2D eigenvalue weighted by atomic mass is 32.2. The molecule has 0 bridgehead atoms. The van der Waals surface area contributed by atoms with Crippen LogP contribution in [-0.4, -0.2) is 26.7 Å². The van der Waals surface area contributed by atoms with Crippen molar-refractivity contribution in [2.75, 3.05) is 5.75 Å². The Balaban J connectivity index is 2.59. The summed E-state index contributed by atoms with van der Waals surface area (Å²) in [6, 6.07) is 7.02. The molecule has 0 saturated heterocycles. The first-order chi connectivity index (χ1) is 8.57. The highest BCUT2D eigenvalue weighted by Gasteiger charge is 2.08. The quantitative estimate of drug-likeness (QED) is 0.427. The number of aldehydes is 1. The van der Waals surface area contributed by atoms with Crippen LogP contribution in [0.1, 0.15) is 24.5 Å². The van der Waals surface area contributed by atoms with Gasteiger partial charge in [-0.05, 0) is 17.5 Å². The van der Waals surface area contributed by atoms with Crippen molar-refractivity contribution >= 4 is 22.6 Å². The van der Waals surface area contributed by atoms with Crippen LogP contribution in [0.2, 0.25) is 0 Å². The molecule has 0 atom stereocenters. The zero-order valence-electron chi connectivity index (χ0n) is 10.1. The van der Waals surface area contributed by atoms with Crippen LogP contribution in [0, 0.1) is 0 Å². The van der Waals surface area contributed by atoms with Gasteiger partial charge in [-0.15, -0.1) is 0 Å². The predicted octanol–water partition coefficient (Wildman–Crippen LogP) is 1.52. The van der Waals surface area contributed by atoms with Crippen molar-refractivity contribution < 1.29 is 17.5 Å². The molecular formula is C12H15NO4S. The highest BCUT2D eigenvalue weighted by Crippen LogP contribution is 2.03. The van der Waals surface area contributed by atoms with E-state index in [0.29, 0.717) is 18.4 Å². The largest absolute Gasteiger partial charge is 0.328 e. The fourth-order valence-electron chi connectivity index (χ4n) is 1.27. The Hall–Kier alpha value is -1.69. The molecule has 0 fully saturated rings. The van der Waals surface area contributed by atoms with E-state index in [0.717, 1.165) is 11.8 Å². The summed E-state index contributed by atoms with van der Waals surface area (Å²) < 4.78 is 26.8. The minimum absolute atomic E-state index is 0.0530. The van der Waals surface area contributed by atoms with E-state index >= 15 is 0 Å².